The van der Waals surface area contributed by atoms with Crippen LogP contribution in [-0.4, -0.2) is 21.0 Å². The molecule has 2 rings (SSSR count). The van der Waals surface area contributed by atoms with Gasteiger partial charge in [-0.1, -0.05) is 23.2 Å². The maximum Gasteiger partial charge on any atom is 0.361 e. The SMILES string of the molecule is O=C1OC(O)c2nc(Cl)c(Cl)nc21. The molecule has 0 spiro atoms. The van der Waals surface area contributed by atoms with Gasteiger partial charge in [0.25, 0.3) is 0 Å². The summed E-state index contributed by atoms with van der Waals surface area (Å²) in [6.45, 7) is 0. The van der Waals surface area contributed by atoms with E-state index in [1.54, 1.807) is 0 Å². The molecule has 5 nitrogen and oxygen atoms in total. The molecule has 1 aromatic rings. The van der Waals surface area contributed by atoms with E-state index >= 15 is 0 Å². The molecule has 1 N–H and O–H groups in total. The van der Waals surface area contributed by atoms with E-state index in [-0.39, 0.29) is 21.7 Å². The van der Waals surface area contributed by atoms with Gasteiger partial charge in [-0.2, -0.15) is 0 Å². The van der Waals surface area contributed by atoms with Gasteiger partial charge in [0, 0.05) is 0 Å². The zero-order valence-electron chi connectivity index (χ0n) is 5.99. The van der Waals surface area contributed by atoms with Crippen molar-refractivity contribution in [3.63, 3.8) is 0 Å². The van der Waals surface area contributed by atoms with Crippen LogP contribution in [0.2, 0.25) is 10.3 Å². The normalized spacial score (nSPS) is 19.9. The van der Waals surface area contributed by atoms with Crippen LogP contribution in [0.15, 0.2) is 0 Å². The maximum absolute atomic E-state index is 11.0. The number of carbonyl (C=O) groups is 1. The number of halogens is 2. The molecule has 7 heteroatoms. The first kappa shape index (κ1) is 8.68. The van der Waals surface area contributed by atoms with Crippen molar-refractivity contribution in [2.75, 3.05) is 0 Å². The Bertz CT molecular complexity index is 396. The lowest BCUT2D eigenvalue weighted by atomic mass is 10.3. The third-order valence-electron chi connectivity index (χ3n) is 1.49. The van der Waals surface area contributed by atoms with Crippen molar-refractivity contribution in [3.8, 4) is 0 Å². The number of cyclic esters (lactones) is 1. The molecule has 0 fully saturated rings. The Balaban J connectivity index is 2.65. The molecule has 0 bridgehead atoms. The Morgan fingerprint density at radius 3 is 2.62 bits per heavy atom. The van der Waals surface area contributed by atoms with E-state index in [4.69, 9.17) is 28.3 Å². The molecule has 0 saturated heterocycles. The molecule has 0 amide bonds. The zero-order valence-corrected chi connectivity index (χ0v) is 7.50. The lowest BCUT2D eigenvalue weighted by molar-refractivity contribution is -0.0568. The van der Waals surface area contributed by atoms with E-state index < -0.39 is 12.3 Å². The first-order valence-electron chi connectivity index (χ1n) is 3.21. The monoisotopic (exact) mass is 220 g/mol. The summed E-state index contributed by atoms with van der Waals surface area (Å²) in [6, 6.07) is 0. The van der Waals surface area contributed by atoms with Gasteiger partial charge < -0.3 is 9.84 Å². The minimum atomic E-state index is -1.40. The number of aliphatic hydroxyl groups excluding tert-OH is 1. The quantitative estimate of drug-likeness (QED) is 0.660. The fraction of sp³-hybridized carbons (Fsp3) is 0.167. The number of aliphatic hydroxyl groups is 1. The smallest absolute Gasteiger partial charge is 0.361 e. The third-order valence-corrected chi connectivity index (χ3v) is 2.11. The van der Waals surface area contributed by atoms with Crippen LogP contribution < -0.4 is 0 Å². The van der Waals surface area contributed by atoms with Gasteiger partial charge in [-0.25, -0.2) is 14.8 Å². The summed E-state index contributed by atoms with van der Waals surface area (Å²) < 4.78 is 4.42. The first-order valence-corrected chi connectivity index (χ1v) is 3.97. The van der Waals surface area contributed by atoms with Gasteiger partial charge in [-0.15, -0.1) is 0 Å². The molecule has 0 radical (unpaired) electrons. The standard InChI is InChI=1S/C6H2Cl2N2O3/c7-3-4(8)10-2-1(9-3)5(11)13-6(2)12/h5,11H. The van der Waals surface area contributed by atoms with Crippen LogP contribution >= 0.6 is 23.2 Å². The summed E-state index contributed by atoms with van der Waals surface area (Å²) in [5.41, 5.74) is -0.0960. The largest absolute Gasteiger partial charge is 0.425 e. The van der Waals surface area contributed by atoms with Crippen molar-refractivity contribution in [2.24, 2.45) is 0 Å². The highest BCUT2D eigenvalue weighted by Gasteiger charge is 2.33. The zero-order chi connectivity index (χ0) is 9.59. The molecular formula is C6H2Cl2N2O3. The van der Waals surface area contributed by atoms with Crippen molar-refractivity contribution < 1.29 is 14.6 Å². The summed E-state index contributed by atoms with van der Waals surface area (Å²) in [6.07, 6.45) is -1.40. The Kier molecular flexibility index (Phi) is 1.87. The van der Waals surface area contributed by atoms with Crippen LogP contribution in [0.25, 0.3) is 0 Å². The van der Waals surface area contributed by atoms with Gasteiger partial charge in [0.05, 0.1) is 0 Å². The topological polar surface area (TPSA) is 72.3 Å². The third kappa shape index (κ3) is 1.25. The van der Waals surface area contributed by atoms with Crippen molar-refractivity contribution in [3.05, 3.63) is 21.7 Å². The minimum Gasteiger partial charge on any atom is -0.425 e. The summed E-state index contributed by atoms with van der Waals surface area (Å²) in [7, 11) is 0. The number of rotatable bonds is 0. The molecule has 2 heterocycles. The van der Waals surface area contributed by atoms with Gasteiger partial charge in [0.2, 0.25) is 6.29 Å². The highest BCUT2D eigenvalue weighted by molar-refractivity contribution is 6.40. The molecule has 0 saturated carbocycles. The maximum atomic E-state index is 11.0. The Morgan fingerprint density at radius 1 is 1.31 bits per heavy atom. The number of fused-ring (bicyclic) bond motifs is 1. The van der Waals surface area contributed by atoms with Gasteiger partial charge in [-0.3, -0.25) is 0 Å². The number of carbonyl (C=O) groups excluding carboxylic acids is 1. The number of hydrogen-bond acceptors (Lipinski definition) is 5. The van der Waals surface area contributed by atoms with Gasteiger partial charge in [0.15, 0.2) is 16.0 Å². The fourth-order valence-electron chi connectivity index (χ4n) is 0.942. The fourth-order valence-corrected chi connectivity index (χ4v) is 1.20. The summed E-state index contributed by atoms with van der Waals surface area (Å²) in [5, 5.41) is 8.96. The second kappa shape index (κ2) is 2.80. The van der Waals surface area contributed by atoms with Crippen molar-refractivity contribution in [1.29, 1.82) is 0 Å². The van der Waals surface area contributed by atoms with Crippen molar-refractivity contribution >= 4 is 29.2 Å². The molecule has 13 heavy (non-hydrogen) atoms. The van der Waals surface area contributed by atoms with Gasteiger partial charge >= 0.3 is 5.97 Å². The van der Waals surface area contributed by atoms with E-state index in [1.165, 1.54) is 0 Å². The second-order valence-electron chi connectivity index (χ2n) is 2.30. The van der Waals surface area contributed by atoms with E-state index in [0.29, 0.717) is 0 Å². The Hall–Kier alpha value is -0.910. The Labute approximate surface area is 82.3 Å². The number of nitrogens with zero attached hydrogens (tertiary/aromatic N) is 2. The lowest BCUT2D eigenvalue weighted by Gasteiger charge is -1.99. The molecule has 0 aliphatic carbocycles. The second-order valence-corrected chi connectivity index (χ2v) is 3.01. The number of esters is 1. The van der Waals surface area contributed by atoms with E-state index in [9.17, 15) is 4.79 Å². The van der Waals surface area contributed by atoms with Crippen LogP contribution in [-0.2, 0) is 4.74 Å². The predicted octanol–water partition coefficient (Wildman–Crippen LogP) is 0.945. The van der Waals surface area contributed by atoms with Crippen LogP contribution in [0.3, 0.4) is 0 Å². The first-order chi connectivity index (χ1) is 6.09. The van der Waals surface area contributed by atoms with Crippen LogP contribution in [0, 0.1) is 0 Å². The van der Waals surface area contributed by atoms with Crippen LogP contribution in [0.1, 0.15) is 22.5 Å². The van der Waals surface area contributed by atoms with Crippen LogP contribution in [0.4, 0.5) is 0 Å². The Morgan fingerprint density at radius 2 is 1.92 bits per heavy atom. The molecular weight excluding hydrogens is 219 g/mol. The summed E-state index contributed by atoms with van der Waals surface area (Å²) in [5.74, 6) is -0.756. The average molecular weight is 221 g/mol. The van der Waals surface area contributed by atoms with E-state index in [1.807, 2.05) is 0 Å². The number of hydrogen-bond donors (Lipinski definition) is 1. The molecule has 1 unspecified atom stereocenters. The van der Waals surface area contributed by atoms with E-state index in [0.717, 1.165) is 0 Å². The predicted molar refractivity (Wildman–Crippen MR) is 42.4 cm³/mol. The molecule has 1 aromatic heterocycles. The lowest BCUT2D eigenvalue weighted by Crippen LogP contribution is -1.99. The average Bonchev–Trinajstić information content (AvgIpc) is 2.31. The highest BCUT2D eigenvalue weighted by Crippen LogP contribution is 2.29. The number of ether oxygens (including phenoxy) is 1. The molecule has 1 aliphatic heterocycles. The molecule has 1 atom stereocenters. The molecule has 68 valence electrons. The van der Waals surface area contributed by atoms with Crippen molar-refractivity contribution in [2.45, 2.75) is 6.29 Å². The minimum absolute atomic E-state index is 0.000556. The molecule has 1 aliphatic rings. The summed E-state index contributed by atoms with van der Waals surface area (Å²) in [4.78, 5) is 18.2. The van der Waals surface area contributed by atoms with Gasteiger partial charge in [-0.05, 0) is 0 Å². The van der Waals surface area contributed by atoms with Gasteiger partial charge in [0.1, 0.15) is 5.69 Å². The highest BCUT2D eigenvalue weighted by atomic mass is 35.5. The summed E-state index contributed by atoms with van der Waals surface area (Å²) >= 11 is 11.0. The van der Waals surface area contributed by atoms with Crippen LogP contribution in [0.5, 0.6) is 0 Å². The number of aromatic nitrogens is 2. The molecule has 0 aromatic carbocycles. The van der Waals surface area contributed by atoms with E-state index in [2.05, 4.69) is 14.7 Å². The van der Waals surface area contributed by atoms with Crippen molar-refractivity contribution in [1.82, 2.24) is 9.97 Å².